The predicted molar refractivity (Wildman–Crippen MR) is 94.3 cm³/mol. The van der Waals surface area contributed by atoms with Crippen molar-refractivity contribution in [2.45, 2.75) is 20.3 Å². The van der Waals surface area contributed by atoms with Crippen LogP contribution in [0.25, 0.3) is 0 Å². The van der Waals surface area contributed by atoms with E-state index in [0.717, 1.165) is 11.1 Å². The topological polar surface area (TPSA) is 58.2 Å². The van der Waals surface area contributed by atoms with Crippen molar-refractivity contribution in [3.05, 3.63) is 57.6 Å². The molecule has 0 saturated carbocycles. The van der Waals surface area contributed by atoms with E-state index in [9.17, 15) is 9.59 Å². The van der Waals surface area contributed by atoms with E-state index in [1.165, 1.54) is 0 Å². The molecule has 0 atom stereocenters. The van der Waals surface area contributed by atoms with E-state index < -0.39 is 5.91 Å². The minimum atomic E-state index is -0.439. The molecule has 2 aromatic rings. The van der Waals surface area contributed by atoms with Gasteiger partial charge in [0.05, 0.1) is 0 Å². The number of hydrogen-bond acceptors (Lipinski definition) is 2. The Labute approximate surface area is 144 Å². The van der Waals surface area contributed by atoms with Gasteiger partial charge in [0, 0.05) is 21.4 Å². The van der Waals surface area contributed by atoms with E-state index in [0.29, 0.717) is 21.4 Å². The molecule has 6 heteroatoms. The first-order chi connectivity index (χ1) is 10.8. The molecule has 0 unspecified atom stereocenters. The Kier molecular flexibility index (Phi) is 5.64. The van der Waals surface area contributed by atoms with Crippen LogP contribution in [0.2, 0.25) is 10.0 Å². The molecular weight excluding hydrogens is 335 g/mol. The van der Waals surface area contributed by atoms with Crippen LogP contribution in [0.1, 0.15) is 17.5 Å². The average molecular weight is 351 g/mol. The van der Waals surface area contributed by atoms with Gasteiger partial charge in [0.25, 0.3) is 0 Å². The fourth-order valence-electron chi connectivity index (χ4n) is 2.06. The summed E-state index contributed by atoms with van der Waals surface area (Å²) in [6.07, 6.45) is -0.294. The number of halogens is 2. The number of carbonyl (C=O) groups is 2. The number of aryl methyl sites for hydroxylation is 1. The lowest BCUT2D eigenvalue weighted by Gasteiger charge is -2.10. The number of nitrogens with one attached hydrogen (secondary N) is 2. The molecule has 23 heavy (non-hydrogen) atoms. The number of benzene rings is 2. The third-order valence-corrected chi connectivity index (χ3v) is 3.78. The molecule has 0 aromatic heterocycles. The number of anilines is 2. The Hall–Kier alpha value is -2.04. The predicted octanol–water partition coefficient (Wildman–Crippen LogP) is 4.58. The fourth-order valence-corrected chi connectivity index (χ4v) is 2.58. The van der Waals surface area contributed by atoms with Gasteiger partial charge < -0.3 is 10.6 Å². The molecule has 0 aliphatic heterocycles. The van der Waals surface area contributed by atoms with Crippen molar-refractivity contribution in [2.24, 2.45) is 0 Å². The lowest BCUT2D eigenvalue weighted by atomic mass is 10.1. The van der Waals surface area contributed by atoms with Crippen LogP contribution < -0.4 is 10.6 Å². The maximum absolute atomic E-state index is 12.0. The molecule has 2 rings (SSSR count). The Morgan fingerprint density at radius 3 is 2.22 bits per heavy atom. The summed E-state index contributed by atoms with van der Waals surface area (Å²) in [4.78, 5) is 23.9. The fraction of sp³-hybridized carbons (Fsp3) is 0.176. The number of rotatable bonds is 4. The Balaban J connectivity index is 1.97. The van der Waals surface area contributed by atoms with Crippen LogP contribution in [0.4, 0.5) is 11.4 Å². The van der Waals surface area contributed by atoms with Crippen molar-refractivity contribution in [3.63, 3.8) is 0 Å². The van der Waals surface area contributed by atoms with Gasteiger partial charge in [0.1, 0.15) is 6.42 Å². The first-order valence-corrected chi connectivity index (χ1v) is 7.73. The molecule has 0 aliphatic carbocycles. The first kappa shape index (κ1) is 17.3. The lowest BCUT2D eigenvalue weighted by Crippen LogP contribution is -2.21. The Bertz CT molecular complexity index is 740. The molecule has 120 valence electrons. The molecule has 0 bridgehead atoms. The van der Waals surface area contributed by atoms with E-state index >= 15 is 0 Å². The number of amides is 2. The van der Waals surface area contributed by atoms with Crippen LogP contribution in [-0.4, -0.2) is 11.8 Å². The zero-order valence-electron chi connectivity index (χ0n) is 12.7. The van der Waals surface area contributed by atoms with Crippen LogP contribution >= 0.6 is 23.2 Å². The first-order valence-electron chi connectivity index (χ1n) is 6.97. The number of carbonyl (C=O) groups excluding carboxylic acids is 2. The minimum absolute atomic E-state index is 0.294. The second kappa shape index (κ2) is 7.49. The van der Waals surface area contributed by atoms with Crippen molar-refractivity contribution >= 4 is 46.4 Å². The smallest absolute Gasteiger partial charge is 0.233 e. The van der Waals surface area contributed by atoms with Gasteiger partial charge >= 0.3 is 0 Å². The molecule has 2 amide bonds. The summed E-state index contributed by atoms with van der Waals surface area (Å²) in [5.41, 5.74) is 3.20. The molecule has 2 aromatic carbocycles. The van der Waals surface area contributed by atoms with E-state index in [-0.39, 0.29) is 12.3 Å². The van der Waals surface area contributed by atoms with Crippen LogP contribution in [0.3, 0.4) is 0 Å². The minimum Gasteiger partial charge on any atom is -0.326 e. The summed E-state index contributed by atoms with van der Waals surface area (Å²) in [5, 5.41) is 6.16. The zero-order chi connectivity index (χ0) is 17.0. The lowest BCUT2D eigenvalue weighted by molar-refractivity contribution is -0.123. The van der Waals surface area contributed by atoms with E-state index in [1.807, 2.05) is 26.0 Å². The zero-order valence-corrected chi connectivity index (χ0v) is 14.3. The second-order valence-corrected chi connectivity index (χ2v) is 6.05. The molecular formula is C17H16Cl2N2O2. The highest BCUT2D eigenvalue weighted by atomic mass is 35.5. The van der Waals surface area contributed by atoms with Gasteiger partial charge in [-0.1, -0.05) is 35.3 Å². The van der Waals surface area contributed by atoms with Gasteiger partial charge in [-0.2, -0.15) is 0 Å². The van der Waals surface area contributed by atoms with E-state index in [2.05, 4.69) is 10.6 Å². The summed E-state index contributed by atoms with van der Waals surface area (Å²) in [7, 11) is 0. The van der Waals surface area contributed by atoms with Crippen LogP contribution in [0.15, 0.2) is 36.4 Å². The summed E-state index contributed by atoms with van der Waals surface area (Å²) < 4.78 is 0. The normalized spacial score (nSPS) is 10.3. The molecule has 4 nitrogen and oxygen atoms in total. The molecule has 2 N–H and O–H groups in total. The summed E-state index contributed by atoms with van der Waals surface area (Å²) >= 11 is 11.7. The van der Waals surface area contributed by atoms with Gasteiger partial charge in [-0.3, -0.25) is 9.59 Å². The van der Waals surface area contributed by atoms with Crippen molar-refractivity contribution in [1.29, 1.82) is 0 Å². The molecule has 0 saturated heterocycles. The van der Waals surface area contributed by atoms with E-state index in [1.54, 1.807) is 24.3 Å². The Morgan fingerprint density at radius 2 is 1.57 bits per heavy atom. The molecule has 0 spiro atoms. The van der Waals surface area contributed by atoms with Gasteiger partial charge in [0.2, 0.25) is 11.8 Å². The highest BCUT2D eigenvalue weighted by Crippen LogP contribution is 2.22. The quantitative estimate of drug-likeness (QED) is 0.793. The van der Waals surface area contributed by atoms with Crippen molar-refractivity contribution in [3.8, 4) is 0 Å². The Morgan fingerprint density at radius 1 is 0.957 bits per heavy atom. The second-order valence-electron chi connectivity index (χ2n) is 5.18. The third kappa shape index (κ3) is 4.98. The summed E-state index contributed by atoms with van der Waals surface area (Å²) in [6.45, 7) is 3.87. The van der Waals surface area contributed by atoms with Crippen molar-refractivity contribution in [2.75, 3.05) is 10.6 Å². The monoisotopic (exact) mass is 350 g/mol. The van der Waals surface area contributed by atoms with Crippen molar-refractivity contribution < 1.29 is 9.59 Å². The summed E-state index contributed by atoms with van der Waals surface area (Å²) in [6, 6.07) is 10.3. The van der Waals surface area contributed by atoms with Gasteiger partial charge in [0.15, 0.2) is 0 Å². The molecule has 0 fully saturated rings. The van der Waals surface area contributed by atoms with Gasteiger partial charge in [-0.25, -0.2) is 0 Å². The van der Waals surface area contributed by atoms with Crippen LogP contribution in [0, 0.1) is 13.8 Å². The maximum Gasteiger partial charge on any atom is 0.233 e. The maximum atomic E-state index is 12.0. The standard InChI is InChI=1S/C17H16Cl2N2O2/c1-10-4-3-5-15(11(10)2)21-17(23)9-16(22)20-14-7-12(18)6-13(19)8-14/h3-8H,9H2,1-2H3,(H,20,22)(H,21,23). The largest absolute Gasteiger partial charge is 0.326 e. The highest BCUT2D eigenvalue weighted by Gasteiger charge is 2.12. The van der Waals surface area contributed by atoms with Crippen LogP contribution in [0.5, 0.6) is 0 Å². The van der Waals surface area contributed by atoms with E-state index in [4.69, 9.17) is 23.2 Å². The SMILES string of the molecule is Cc1cccc(NC(=O)CC(=O)Nc2cc(Cl)cc(Cl)c2)c1C. The molecule has 0 heterocycles. The molecule has 0 radical (unpaired) electrons. The van der Waals surface area contributed by atoms with Gasteiger partial charge in [-0.15, -0.1) is 0 Å². The third-order valence-electron chi connectivity index (χ3n) is 3.35. The molecule has 0 aliphatic rings. The average Bonchev–Trinajstić information content (AvgIpc) is 2.42. The van der Waals surface area contributed by atoms with Crippen molar-refractivity contribution in [1.82, 2.24) is 0 Å². The summed E-state index contributed by atoms with van der Waals surface area (Å²) in [5.74, 6) is -0.824. The highest BCUT2D eigenvalue weighted by molar-refractivity contribution is 6.35. The van der Waals surface area contributed by atoms with Gasteiger partial charge in [-0.05, 0) is 49.2 Å². The van der Waals surface area contributed by atoms with Crippen LogP contribution in [-0.2, 0) is 9.59 Å². The number of hydrogen-bond donors (Lipinski definition) is 2.